The molecule has 6 heteroatoms. The molecule has 2 aromatic heterocycles. The van der Waals surface area contributed by atoms with Crippen LogP contribution in [0.3, 0.4) is 0 Å². The zero-order valence-corrected chi connectivity index (χ0v) is 12.7. The van der Waals surface area contributed by atoms with Crippen molar-refractivity contribution >= 4 is 33.3 Å². The molecule has 0 radical (unpaired) electrons. The van der Waals surface area contributed by atoms with Gasteiger partial charge in [-0.2, -0.15) is 4.98 Å². The molecule has 0 saturated heterocycles. The van der Waals surface area contributed by atoms with Crippen molar-refractivity contribution in [2.24, 2.45) is 5.92 Å². The Balaban J connectivity index is 1.68. The minimum atomic E-state index is 0.667. The highest BCUT2D eigenvalue weighted by Crippen LogP contribution is 2.29. The number of ether oxygens (including phenoxy) is 1. The van der Waals surface area contributed by atoms with Gasteiger partial charge in [0.15, 0.2) is 0 Å². The van der Waals surface area contributed by atoms with E-state index < -0.39 is 0 Å². The standard InChI is InChI=1S/C14H20N4OS/c1-15-14-16-12(11-5-8-20-13(11)17-14)18(2)6-7-19-9-10-3-4-10/h5,8,10H,3-4,6-7,9H2,1-2H3,(H,15,16,17). The number of fused-ring (bicyclic) bond motifs is 1. The van der Waals surface area contributed by atoms with E-state index >= 15 is 0 Å². The Labute approximate surface area is 123 Å². The first-order valence-corrected chi connectivity index (χ1v) is 7.88. The Hall–Kier alpha value is -1.40. The van der Waals surface area contributed by atoms with Crippen molar-refractivity contribution in [1.82, 2.24) is 9.97 Å². The Morgan fingerprint density at radius 1 is 1.45 bits per heavy atom. The summed E-state index contributed by atoms with van der Waals surface area (Å²) in [6, 6.07) is 2.08. The molecule has 0 aliphatic heterocycles. The summed E-state index contributed by atoms with van der Waals surface area (Å²) in [5.74, 6) is 2.45. The first-order chi connectivity index (χ1) is 9.78. The lowest BCUT2D eigenvalue weighted by molar-refractivity contribution is 0.131. The van der Waals surface area contributed by atoms with E-state index in [1.807, 2.05) is 7.05 Å². The van der Waals surface area contributed by atoms with Gasteiger partial charge in [0.05, 0.1) is 12.0 Å². The van der Waals surface area contributed by atoms with Crippen molar-refractivity contribution in [2.75, 3.05) is 44.1 Å². The number of nitrogens with one attached hydrogen (secondary N) is 1. The van der Waals surface area contributed by atoms with E-state index in [2.05, 4.69) is 38.7 Å². The molecule has 0 atom stereocenters. The largest absolute Gasteiger partial charge is 0.379 e. The van der Waals surface area contributed by atoms with Gasteiger partial charge in [-0.15, -0.1) is 11.3 Å². The predicted octanol–water partition coefficient (Wildman–Crippen LogP) is 2.60. The number of hydrogen-bond donors (Lipinski definition) is 1. The van der Waals surface area contributed by atoms with Gasteiger partial charge < -0.3 is 15.0 Å². The number of nitrogens with zero attached hydrogens (tertiary/aromatic N) is 3. The van der Waals surface area contributed by atoms with Gasteiger partial charge in [0.1, 0.15) is 10.6 Å². The second kappa shape index (κ2) is 5.93. The van der Waals surface area contributed by atoms with Gasteiger partial charge in [-0.05, 0) is 30.2 Å². The van der Waals surface area contributed by atoms with Crippen molar-refractivity contribution in [2.45, 2.75) is 12.8 Å². The average Bonchev–Trinajstić information content (AvgIpc) is 3.17. The molecule has 5 nitrogen and oxygen atoms in total. The normalized spacial score (nSPS) is 14.7. The molecule has 0 bridgehead atoms. The molecule has 2 aromatic rings. The summed E-state index contributed by atoms with van der Waals surface area (Å²) in [5.41, 5.74) is 0. The lowest BCUT2D eigenvalue weighted by Gasteiger charge is -2.19. The summed E-state index contributed by atoms with van der Waals surface area (Å²) in [6.45, 7) is 2.50. The quantitative estimate of drug-likeness (QED) is 0.795. The Bertz CT molecular complexity index is 582. The minimum absolute atomic E-state index is 0.667. The van der Waals surface area contributed by atoms with Gasteiger partial charge in [0.25, 0.3) is 0 Å². The van der Waals surface area contributed by atoms with Gasteiger partial charge in [-0.3, -0.25) is 0 Å². The van der Waals surface area contributed by atoms with Crippen LogP contribution in [0.15, 0.2) is 11.4 Å². The van der Waals surface area contributed by atoms with Crippen LogP contribution in [0.2, 0.25) is 0 Å². The van der Waals surface area contributed by atoms with Crippen LogP contribution in [0.5, 0.6) is 0 Å². The summed E-state index contributed by atoms with van der Waals surface area (Å²) < 4.78 is 5.70. The first kappa shape index (κ1) is 13.6. The van der Waals surface area contributed by atoms with E-state index in [1.54, 1.807) is 11.3 Å². The van der Waals surface area contributed by atoms with Crippen LogP contribution in [0, 0.1) is 5.92 Å². The molecule has 0 unspecified atom stereocenters. The lowest BCUT2D eigenvalue weighted by atomic mass is 10.3. The van der Waals surface area contributed by atoms with Gasteiger partial charge in [-0.25, -0.2) is 4.98 Å². The average molecular weight is 292 g/mol. The summed E-state index contributed by atoms with van der Waals surface area (Å²) in [6.07, 6.45) is 2.67. The molecular weight excluding hydrogens is 272 g/mol. The monoisotopic (exact) mass is 292 g/mol. The maximum Gasteiger partial charge on any atom is 0.225 e. The third kappa shape index (κ3) is 3.02. The molecule has 108 valence electrons. The van der Waals surface area contributed by atoms with Crippen molar-refractivity contribution in [3.05, 3.63) is 11.4 Å². The van der Waals surface area contributed by atoms with Gasteiger partial charge in [0.2, 0.25) is 5.95 Å². The number of hydrogen-bond acceptors (Lipinski definition) is 6. The van der Waals surface area contributed by atoms with Crippen LogP contribution in [0.25, 0.3) is 10.2 Å². The molecule has 0 aromatic carbocycles. The zero-order valence-electron chi connectivity index (χ0n) is 11.9. The van der Waals surface area contributed by atoms with Crippen molar-refractivity contribution < 1.29 is 4.74 Å². The molecule has 1 aliphatic rings. The van der Waals surface area contributed by atoms with Crippen LogP contribution in [0.4, 0.5) is 11.8 Å². The third-order valence-electron chi connectivity index (χ3n) is 3.51. The molecule has 1 aliphatic carbocycles. The van der Waals surface area contributed by atoms with E-state index in [4.69, 9.17) is 4.74 Å². The lowest BCUT2D eigenvalue weighted by Crippen LogP contribution is -2.24. The van der Waals surface area contributed by atoms with E-state index in [9.17, 15) is 0 Å². The first-order valence-electron chi connectivity index (χ1n) is 7.00. The highest BCUT2D eigenvalue weighted by Gasteiger charge is 2.21. The Kier molecular flexibility index (Phi) is 4.03. The maximum absolute atomic E-state index is 5.70. The van der Waals surface area contributed by atoms with Crippen LogP contribution in [0.1, 0.15) is 12.8 Å². The van der Waals surface area contributed by atoms with Crippen LogP contribution in [-0.2, 0) is 4.74 Å². The molecule has 2 heterocycles. The van der Waals surface area contributed by atoms with E-state index in [0.29, 0.717) is 5.95 Å². The summed E-state index contributed by atoms with van der Waals surface area (Å²) >= 11 is 1.64. The van der Waals surface area contributed by atoms with Crippen LogP contribution < -0.4 is 10.2 Å². The minimum Gasteiger partial charge on any atom is -0.379 e. The predicted molar refractivity (Wildman–Crippen MR) is 83.8 cm³/mol. The van der Waals surface area contributed by atoms with Crippen LogP contribution >= 0.6 is 11.3 Å². The Morgan fingerprint density at radius 2 is 2.30 bits per heavy atom. The molecular formula is C14H20N4OS. The zero-order chi connectivity index (χ0) is 13.9. The smallest absolute Gasteiger partial charge is 0.225 e. The Morgan fingerprint density at radius 3 is 3.05 bits per heavy atom. The van der Waals surface area contributed by atoms with Gasteiger partial charge in [-0.1, -0.05) is 0 Å². The summed E-state index contributed by atoms with van der Waals surface area (Å²) in [7, 11) is 3.90. The maximum atomic E-state index is 5.70. The van der Waals surface area contributed by atoms with E-state index in [-0.39, 0.29) is 0 Å². The van der Waals surface area contributed by atoms with Crippen molar-refractivity contribution in [3.63, 3.8) is 0 Å². The summed E-state index contributed by atoms with van der Waals surface area (Å²) in [4.78, 5) is 12.2. The SMILES string of the molecule is CNc1nc(N(C)CCOCC2CC2)c2ccsc2n1. The fourth-order valence-corrected chi connectivity index (χ4v) is 2.84. The topological polar surface area (TPSA) is 50.3 Å². The fraction of sp³-hybridized carbons (Fsp3) is 0.571. The van der Waals surface area contributed by atoms with Crippen molar-refractivity contribution in [1.29, 1.82) is 0 Å². The molecule has 0 amide bonds. The fourth-order valence-electron chi connectivity index (χ4n) is 2.08. The number of rotatable bonds is 7. The third-order valence-corrected chi connectivity index (χ3v) is 4.32. The second-order valence-corrected chi connectivity index (χ2v) is 6.09. The van der Waals surface area contributed by atoms with Crippen LogP contribution in [-0.4, -0.2) is 43.8 Å². The van der Waals surface area contributed by atoms with E-state index in [1.165, 1.54) is 12.8 Å². The molecule has 3 rings (SSSR count). The molecule has 1 N–H and O–H groups in total. The number of thiophene rings is 1. The second-order valence-electron chi connectivity index (χ2n) is 5.20. The number of anilines is 2. The number of likely N-dealkylation sites (N-methyl/N-ethyl adjacent to an activating group) is 1. The highest BCUT2D eigenvalue weighted by molar-refractivity contribution is 7.16. The highest BCUT2D eigenvalue weighted by atomic mass is 32.1. The molecule has 20 heavy (non-hydrogen) atoms. The molecule has 1 fully saturated rings. The van der Waals surface area contributed by atoms with Gasteiger partial charge in [0, 0.05) is 27.2 Å². The molecule has 0 spiro atoms. The van der Waals surface area contributed by atoms with E-state index in [0.717, 1.165) is 41.7 Å². The van der Waals surface area contributed by atoms with Crippen molar-refractivity contribution in [3.8, 4) is 0 Å². The van der Waals surface area contributed by atoms with Gasteiger partial charge >= 0.3 is 0 Å². The summed E-state index contributed by atoms with van der Waals surface area (Å²) in [5, 5.41) is 6.19. The molecule has 1 saturated carbocycles. The number of aromatic nitrogens is 2.